The van der Waals surface area contributed by atoms with Crippen molar-refractivity contribution >= 4 is 46.4 Å². The lowest BCUT2D eigenvalue weighted by atomic mass is 10.1. The van der Waals surface area contributed by atoms with Crippen LogP contribution in [0, 0.1) is 0 Å². The van der Waals surface area contributed by atoms with Gasteiger partial charge in [0.2, 0.25) is 5.91 Å². The molecule has 9 heteroatoms. The van der Waals surface area contributed by atoms with Gasteiger partial charge in [0.1, 0.15) is 5.75 Å². The molecule has 0 unspecified atom stereocenters. The second kappa shape index (κ2) is 8.84. The van der Waals surface area contributed by atoms with E-state index in [-0.39, 0.29) is 23.7 Å². The van der Waals surface area contributed by atoms with E-state index < -0.39 is 17.6 Å². The summed E-state index contributed by atoms with van der Waals surface area (Å²) in [6, 6.07) is 7.88. The molecule has 26 heavy (non-hydrogen) atoms. The van der Waals surface area contributed by atoms with E-state index in [0.717, 1.165) is 12.1 Å². The molecule has 2 aromatic rings. The van der Waals surface area contributed by atoms with Crippen molar-refractivity contribution < 1.29 is 22.7 Å². The van der Waals surface area contributed by atoms with E-state index in [4.69, 9.17) is 39.5 Å². The molecule has 0 saturated carbocycles. The Labute approximate surface area is 163 Å². The number of nitrogens with one attached hydrogen (secondary N) is 1. The molecule has 0 radical (unpaired) electrons. The molecule has 2 aromatic carbocycles. The first-order valence-electron chi connectivity index (χ1n) is 7.41. The normalized spacial score (nSPS) is 11.3. The lowest BCUT2D eigenvalue weighted by Crippen LogP contribution is -2.17. The van der Waals surface area contributed by atoms with Gasteiger partial charge < -0.3 is 10.1 Å². The average molecular weight is 427 g/mol. The number of benzene rings is 2. The Morgan fingerprint density at radius 2 is 1.69 bits per heavy atom. The van der Waals surface area contributed by atoms with Crippen molar-refractivity contribution in [3.63, 3.8) is 0 Å². The highest BCUT2D eigenvalue weighted by Crippen LogP contribution is 2.36. The summed E-state index contributed by atoms with van der Waals surface area (Å²) in [5, 5.41) is 2.97. The van der Waals surface area contributed by atoms with E-state index >= 15 is 0 Å². The quantitative estimate of drug-likeness (QED) is 0.538. The van der Waals surface area contributed by atoms with Gasteiger partial charge in [-0.2, -0.15) is 13.2 Å². The summed E-state index contributed by atoms with van der Waals surface area (Å²) in [5.74, 6) is -0.155. The molecule has 140 valence electrons. The highest BCUT2D eigenvalue weighted by atomic mass is 35.5. The fourth-order valence-electron chi connectivity index (χ4n) is 2.08. The van der Waals surface area contributed by atoms with Crippen LogP contribution >= 0.6 is 34.8 Å². The number of hydrogen-bond acceptors (Lipinski definition) is 2. The molecule has 0 bridgehead atoms. The van der Waals surface area contributed by atoms with Crippen molar-refractivity contribution in [2.75, 3.05) is 11.9 Å². The van der Waals surface area contributed by atoms with Crippen LogP contribution in [0.4, 0.5) is 18.9 Å². The van der Waals surface area contributed by atoms with Crippen LogP contribution in [0.1, 0.15) is 18.4 Å². The molecular formula is C17H13Cl3F3NO2. The number of hydrogen-bond donors (Lipinski definition) is 1. The van der Waals surface area contributed by atoms with Gasteiger partial charge in [0.25, 0.3) is 0 Å². The predicted molar refractivity (Wildman–Crippen MR) is 96.3 cm³/mol. The Kier molecular flexibility index (Phi) is 7.03. The third kappa shape index (κ3) is 5.97. The van der Waals surface area contributed by atoms with Gasteiger partial charge in [0, 0.05) is 16.5 Å². The Bertz CT molecular complexity index is 797. The molecule has 0 fully saturated rings. The van der Waals surface area contributed by atoms with E-state index in [2.05, 4.69) is 5.32 Å². The fraction of sp³-hybridized carbons (Fsp3) is 0.235. The summed E-state index contributed by atoms with van der Waals surface area (Å²) in [4.78, 5) is 11.9. The van der Waals surface area contributed by atoms with E-state index in [1.165, 1.54) is 12.1 Å². The maximum Gasteiger partial charge on any atom is 0.418 e. The highest BCUT2D eigenvalue weighted by Gasteiger charge is 2.34. The van der Waals surface area contributed by atoms with Gasteiger partial charge >= 0.3 is 6.18 Å². The van der Waals surface area contributed by atoms with Crippen molar-refractivity contribution in [2.45, 2.75) is 19.0 Å². The van der Waals surface area contributed by atoms with Crippen LogP contribution in [-0.2, 0) is 11.0 Å². The third-order valence-corrected chi connectivity index (χ3v) is 4.03. The van der Waals surface area contributed by atoms with Crippen LogP contribution in [0.15, 0.2) is 36.4 Å². The first kappa shape index (κ1) is 20.7. The van der Waals surface area contributed by atoms with Crippen LogP contribution in [0.5, 0.6) is 5.75 Å². The minimum atomic E-state index is -4.62. The molecule has 0 saturated heterocycles. The van der Waals surface area contributed by atoms with Gasteiger partial charge in [0.15, 0.2) is 0 Å². The van der Waals surface area contributed by atoms with Gasteiger partial charge in [0.05, 0.1) is 22.9 Å². The Morgan fingerprint density at radius 3 is 2.35 bits per heavy atom. The topological polar surface area (TPSA) is 38.3 Å². The molecule has 0 aliphatic heterocycles. The van der Waals surface area contributed by atoms with Gasteiger partial charge in [-0.1, -0.05) is 34.8 Å². The minimum Gasteiger partial charge on any atom is -0.492 e. The number of amides is 1. The van der Waals surface area contributed by atoms with Crippen molar-refractivity contribution in [3.8, 4) is 5.75 Å². The van der Waals surface area contributed by atoms with Crippen LogP contribution in [0.25, 0.3) is 0 Å². The Hall–Kier alpha value is -1.63. The monoisotopic (exact) mass is 425 g/mol. The van der Waals surface area contributed by atoms with Crippen LogP contribution in [0.2, 0.25) is 15.1 Å². The standard InChI is InChI=1S/C17H13Cl3F3NO2/c18-10-3-5-14(12(8-10)17(21,22)23)24-16(25)2-1-7-26-15-6-4-11(19)9-13(15)20/h3-6,8-9H,1-2,7H2,(H,24,25). The zero-order valence-corrected chi connectivity index (χ0v) is 15.4. The number of ether oxygens (including phenoxy) is 1. The summed E-state index contributed by atoms with van der Waals surface area (Å²) in [6.45, 7) is 0.168. The van der Waals surface area contributed by atoms with Gasteiger partial charge in [-0.25, -0.2) is 0 Å². The van der Waals surface area contributed by atoms with Crippen molar-refractivity contribution in [3.05, 3.63) is 57.0 Å². The van der Waals surface area contributed by atoms with Crippen LogP contribution < -0.4 is 10.1 Å². The smallest absolute Gasteiger partial charge is 0.418 e. The first-order chi connectivity index (χ1) is 12.2. The van der Waals surface area contributed by atoms with Crippen LogP contribution in [-0.4, -0.2) is 12.5 Å². The second-order valence-electron chi connectivity index (χ2n) is 5.26. The molecule has 3 nitrogen and oxygen atoms in total. The summed E-state index contributed by atoms with van der Waals surface area (Å²) in [7, 11) is 0. The van der Waals surface area contributed by atoms with E-state index in [9.17, 15) is 18.0 Å². The number of carbonyl (C=O) groups excluding carboxylic acids is 1. The molecule has 1 N–H and O–H groups in total. The van der Waals surface area contributed by atoms with E-state index in [0.29, 0.717) is 22.2 Å². The molecule has 0 aliphatic carbocycles. The number of halogens is 6. The number of alkyl halides is 3. The zero-order chi connectivity index (χ0) is 19.3. The molecule has 0 heterocycles. The van der Waals surface area contributed by atoms with Crippen molar-refractivity contribution in [2.24, 2.45) is 0 Å². The van der Waals surface area contributed by atoms with Gasteiger partial charge in [-0.15, -0.1) is 0 Å². The summed E-state index contributed by atoms with van der Waals surface area (Å²) in [6.07, 6.45) is -4.35. The predicted octanol–water partition coefficient (Wildman–Crippen LogP) is 6.46. The number of anilines is 1. The van der Waals surface area contributed by atoms with Crippen molar-refractivity contribution in [1.82, 2.24) is 0 Å². The van der Waals surface area contributed by atoms with Gasteiger partial charge in [-0.3, -0.25) is 4.79 Å². The SMILES string of the molecule is O=C(CCCOc1ccc(Cl)cc1Cl)Nc1ccc(Cl)cc1C(F)(F)F. The summed E-state index contributed by atoms with van der Waals surface area (Å²) < 4.78 is 44.4. The average Bonchev–Trinajstić information content (AvgIpc) is 2.54. The highest BCUT2D eigenvalue weighted by molar-refractivity contribution is 6.35. The third-order valence-electron chi connectivity index (χ3n) is 3.26. The lowest BCUT2D eigenvalue weighted by molar-refractivity contribution is -0.137. The Morgan fingerprint density at radius 1 is 1.04 bits per heavy atom. The fourth-order valence-corrected chi connectivity index (χ4v) is 2.71. The van der Waals surface area contributed by atoms with Gasteiger partial charge in [-0.05, 0) is 42.8 Å². The molecule has 0 aromatic heterocycles. The van der Waals surface area contributed by atoms with E-state index in [1.54, 1.807) is 12.1 Å². The molecule has 1 amide bonds. The van der Waals surface area contributed by atoms with Crippen LogP contribution in [0.3, 0.4) is 0 Å². The summed E-state index contributed by atoms with van der Waals surface area (Å²) >= 11 is 17.3. The van der Waals surface area contributed by atoms with Crippen molar-refractivity contribution in [1.29, 1.82) is 0 Å². The first-order valence-corrected chi connectivity index (χ1v) is 8.54. The molecule has 0 atom stereocenters. The largest absolute Gasteiger partial charge is 0.492 e. The Balaban J connectivity index is 1.88. The molecular weight excluding hydrogens is 414 g/mol. The maximum atomic E-state index is 13.0. The minimum absolute atomic E-state index is 0.0227. The molecule has 0 aliphatic rings. The number of rotatable bonds is 6. The molecule has 2 rings (SSSR count). The zero-order valence-electron chi connectivity index (χ0n) is 13.2. The van der Waals surface area contributed by atoms with E-state index in [1.807, 2.05) is 0 Å². The second-order valence-corrected chi connectivity index (χ2v) is 6.54. The summed E-state index contributed by atoms with van der Waals surface area (Å²) in [5.41, 5.74) is -1.34. The lowest BCUT2D eigenvalue weighted by Gasteiger charge is -2.14. The maximum absolute atomic E-state index is 13.0. The number of carbonyl (C=O) groups is 1. The molecule has 0 spiro atoms.